The van der Waals surface area contributed by atoms with Gasteiger partial charge in [0.1, 0.15) is 0 Å². The number of hydrogen-bond acceptors (Lipinski definition) is 4. The maximum atomic E-state index is 13.6. The Morgan fingerprint density at radius 2 is 1.70 bits per heavy atom. The summed E-state index contributed by atoms with van der Waals surface area (Å²) >= 11 is 0. The minimum atomic E-state index is -3.73. The lowest BCUT2D eigenvalue weighted by atomic mass is 9.98. The van der Waals surface area contributed by atoms with E-state index in [2.05, 4.69) is 23.0 Å². The average molecular weight is 502 g/mol. The van der Waals surface area contributed by atoms with Crippen LogP contribution in [-0.2, 0) is 10.0 Å². The standard InChI is InChI=1S/C25H23N3O2S.2ClH/c1-27-15-12-19(13-16-27)23-18-28(31(29,30)21-7-3-2-4-8-21)25-17-20(10-11-22(23)25)24-9-5-6-14-26-24;;/h2-12,14,17-18H,13,15-16H2,1H3;2*1H. The van der Waals surface area contributed by atoms with E-state index in [1.807, 2.05) is 42.5 Å². The molecular weight excluding hydrogens is 477 g/mol. The van der Waals surface area contributed by atoms with Gasteiger partial charge in [0.05, 0.1) is 16.1 Å². The van der Waals surface area contributed by atoms with E-state index >= 15 is 0 Å². The minimum absolute atomic E-state index is 0. The molecule has 0 saturated heterocycles. The van der Waals surface area contributed by atoms with Crippen LogP contribution >= 0.6 is 24.8 Å². The van der Waals surface area contributed by atoms with Gasteiger partial charge in [-0.05, 0) is 49.4 Å². The van der Waals surface area contributed by atoms with Crippen LogP contribution in [0.4, 0.5) is 0 Å². The van der Waals surface area contributed by atoms with Gasteiger partial charge in [-0.25, -0.2) is 12.4 Å². The van der Waals surface area contributed by atoms with Gasteiger partial charge in [-0.1, -0.05) is 42.5 Å². The first-order chi connectivity index (χ1) is 15.0. The van der Waals surface area contributed by atoms with Crippen molar-refractivity contribution in [2.75, 3.05) is 20.1 Å². The Morgan fingerprint density at radius 1 is 0.939 bits per heavy atom. The third kappa shape index (κ3) is 4.70. The van der Waals surface area contributed by atoms with Gasteiger partial charge >= 0.3 is 0 Å². The number of nitrogens with zero attached hydrogens (tertiary/aromatic N) is 3. The van der Waals surface area contributed by atoms with Crippen LogP contribution in [0.25, 0.3) is 27.7 Å². The maximum absolute atomic E-state index is 13.6. The van der Waals surface area contributed by atoms with Crippen LogP contribution in [0.2, 0.25) is 0 Å². The van der Waals surface area contributed by atoms with E-state index in [-0.39, 0.29) is 29.7 Å². The Balaban J connectivity index is 0.00000153. The number of rotatable bonds is 4. The number of aromatic nitrogens is 2. The summed E-state index contributed by atoms with van der Waals surface area (Å²) in [4.78, 5) is 6.96. The second-order valence-corrected chi connectivity index (χ2v) is 9.66. The molecule has 8 heteroatoms. The Labute approximate surface area is 206 Å². The first-order valence-corrected chi connectivity index (χ1v) is 11.7. The average Bonchev–Trinajstić information content (AvgIpc) is 3.20. The summed E-state index contributed by atoms with van der Waals surface area (Å²) in [7, 11) is -1.64. The van der Waals surface area contributed by atoms with Gasteiger partial charge in [0, 0.05) is 42.0 Å². The fourth-order valence-corrected chi connectivity index (χ4v) is 5.45. The maximum Gasteiger partial charge on any atom is 0.268 e. The number of benzene rings is 2. The molecule has 4 aromatic rings. The first-order valence-electron chi connectivity index (χ1n) is 10.3. The predicted molar refractivity (Wildman–Crippen MR) is 139 cm³/mol. The molecule has 0 N–H and O–H groups in total. The smallest absolute Gasteiger partial charge is 0.268 e. The lowest BCUT2D eigenvalue weighted by Gasteiger charge is -2.21. The number of hydrogen-bond donors (Lipinski definition) is 0. The van der Waals surface area contributed by atoms with E-state index in [0.717, 1.165) is 41.7 Å². The molecule has 5 rings (SSSR count). The van der Waals surface area contributed by atoms with E-state index in [9.17, 15) is 8.42 Å². The zero-order valence-electron chi connectivity index (χ0n) is 18.1. The number of fused-ring (bicyclic) bond motifs is 1. The van der Waals surface area contributed by atoms with Crippen LogP contribution in [0, 0.1) is 0 Å². The third-order valence-electron chi connectivity index (χ3n) is 5.79. The molecule has 3 heterocycles. The van der Waals surface area contributed by atoms with Crippen molar-refractivity contribution in [3.63, 3.8) is 0 Å². The first kappa shape index (κ1) is 25.0. The van der Waals surface area contributed by atoms with E-state index in [1.54, 1.807) is 36.7 Å². The van der Waals surface area contributed by atoms with Crippen molar-refractivity contribution >= 4 is 51.3 Å². The van der Waals surface area contributed by atoms with Crippen LogP contribution in [0.5, 0.6) is 0 Å². The van der Waals surface area contributed by atoms with Crippen molar-refractivity contribution in [2.45, 2.75) is 11.3 Å². The van der Waals surface area contributed by atoms with Crippen molar-refractivity contribution < 1.29 is 8.42 Å². The van der Waals surface area contributed by atoms with Gasteiger partial charge in [-0.15, -0.1) is 24.8 Å². The van der Waals surface area contributed by atoms with Crippen LogP contribution in [0.1, 0.15) is 12.0 Å². The molecule has 2 aromatic carbocycles. The third-order valence-corrected chi connectivity index (χ3v) is 7.48. The molecule has 172 valence electrons. The van der Waals surface area contributed by atoms with Crippen molar-refractivity contribution in [3.05, 3.63) is 90.8 Å². The van der Waals surface area contributed by atoms with E-state index in [1.165, 1.54) is 9.55 Å². The topological polar surface area (TPSA) is 55.2 Å². The van der Waals surface area contributed by atoms with Crippen LogP contribution in [0.15, 0.2) is 90.1 Å². The van der Waals surface area contributed by atoms with Crippen LogP contribution < -0.4 is 0 Å². The summed E-state index contributed by atoms with van der Waals surface area (Å²) in [5.74, 6) is 0. The lowest BCUT2D eigenvalue weighted by Crippen LogP contribution is -2.23. The summed E-state index contributed by atoms with van der Waals surface area (Å²) < 4.78 is 28.6. The van der Waals surface area contributed by atoms with Crippen molar-refractivity contribution in [1.29, 1.82) is 0 Å². The van der Waals surface area contributed by atoms with Gasteiger partial charge in [0.2, 0.25) is 0 Å². The number of halogens is 2. The second kappa shape index (κ2) is 10.1. The lowest BCUT2D eigenvalue weighted by molar-refractivity contribution is 0.370. The minimum Gasteiger partial charge on any atom is -0.302 e. The van der Waals surface area contributed by atoms with E-state index < -0.39 is 10.0 Å². The molecule has 0 unspecified atom stereocenters. The Kier molecular flexibility index (Phi) is 7.65. The highest BCUT2D eigenvalue weighted by Gasteiger charge is 2.23. The summed E-state index contributed by atoms with van der Waals surface area (Å²) in [6.45, 7) is 1.81. The monoisotopic (exact) mass is 501 g/mol. The quantitative estimate of drug-likeness (QED) is 0.370. The molecule has 0 spiro atoms. The Bertz CT molecular complexity index is 1390. The molecule has 1 aliphatic rings. The molecule has 0 saturated carbocycles. The van der Waals surface area contributed by atoms with Gasteiger partial charge in [0.25, 0.3) is 10.0 Å². The van der Waals surface area contributed by atoms with Gasteiger partial charge in [-0.2, -0.15) is 0 Å². The molecule has 33 heavy (non-hydrogen) atoms. The molecule has 0 bridgehead atoms. The summed E-state index contributed by atoms with van der Waals surface area (Å²) in [5, 5.41) is 0.940. The highest BCUT2D eigenvalue weighted by molar-refractivity contribution is 7.90. The molecule has 0 radical (unpaired) electrons. The SMILES string of the molecule is CN1CC=C(c2cn(S(=O)(=O)c3ccccc3)c3cc(-c4ccccn4)ccc23)CC1.Cl.Cl. The summed E-state index contributed by atoms with van der Waals surface area (Å²) in [6.07, 6.45) is 6.62. The van der Waals surface area contributed by atoms with E-state index in [0.29, 0.717) is 5.52 Å². The highest BCUT2D eigenvalue weighted by Crippen LogP contribution is 2.35. The van der Waals surface area contributed by atoms with E-state index in [4.69, 9.17) is 0 Å². The summed E-state index contributed by atoms with van der Waals surface area (Å²) in [5.41, 5.74) is 4.54. The predicted octanol–water partition coefficient (Wildman–Crippen LogP) is 5.50. The molecule has 0 atom stereocenters. The van der Waals surface area contributed by atoms with Gasteiger partial charge in [0.15, 0.2) is 0 Å². The second-order valence-electron chi connectivity index (χ2n) is 7.85. The molecule has 2 aromatic heterocycles. The highest BCUT2D eigenvalue weighted by atomic mass is 35.5. The zero-order valence-corrected chi connectivity index (χ0v) is 20.5. The fourth-order valence-electron chi connectivity index (χ4n) is 4.07. The van der Waals surface area contributed by atoms with Crippen molar-refractivity contribution in [3.8, 4) is 11.3 Å². The molecular formula is C25H25Cl2N3O2S. The number of likely N-dealkylation sites (N-methyl/N-ethyl adjacent to an activating group) is 1. The van der Waals surface area contributed by atoms with Gasteiger partial charge in [-0.3, -0.25) is 4.98 Å². The number of pyridine rings is 1. The molecule has 5 nitrogen and oxygen atoms in total. The Morgan fingerprint density at radius 3 is 2.36 bits per heavy atom. The molecule has 0 fully saturated rings. The Hall–Kier alpha value is -2.64. The molecule has 1 aliphatic heterocycles. The molecule has 0 amide bonds. The molecule has 0 aliphatic carbocycles. The normalized spacial score (nSPS) is 14.3. The summed E-state index contributed by atoms with van der Waals surface area (Å²) in [6, 6.07) is 20.3. The van der Waals surface area contributed by atoms with Crippen molar-refractivity contribution in [1.82, 2.24) is 13.9 Å². The fraction of sp³-hybridized carbons (Fsp3) is 0.160. The largest absolute Gasteiger partial charge is 0.302 e. The zero-order chi connectivity index (χ0) is 21.4. The van der Waals surface area contributed by atoms with Gasteiger partial charge < -0.3 is 4.90 Å². The van der Waals surface area contributed by atoms with Crippen molar-refractivity contribution in [2.24, 2.45) is 0 Å². The van der Waals surface area contributed by atoms with Crippen LogP contribution in [0.3, 0.4) is 0 Å². The van der Waals surface area contributed by atoms with Crippen LogP contribution in [-0.4, -0.2) is 42.4 Å².